The van der Waals surface area contributed by atoms with E-state index < -0.39 is 13.2 Å². The summed E-state index contributed by atoms with van der Waals surface area (Å²) >= 11 is 12.2. The molecule has 0 saturated carbocycles. The summed E-state index contributed by atoms with van der Waals surface area (Å²) in [7, 11) is 0.106. The maximum atomic E-state index is 14.0. The highest BCUT2D eigenvalue weighted by molar-refractivity contribution is 7.67. The van der Waals surface area contributed by atoms with Gasteiger partial charge in [0.1, 0.15) is 0 Å². The van der Waals surface area contributed by atoms with Crippen LogP contribution in [0.2, 0.25) is 10.0 Å². The molecule has 0 saturated heterocycles. The van der Waals surface area contributed by atoms with Gasteiger partial charge in [-0.1, -0.05) is 59.6 Å². The Hall–Kier alpha value is -1.81. The lowest BCUT2D eigenvalue weighted by Crippen LogP contribution is -2.16. The smallest absolute Gasteiger partial charge is 0.264 e. The maximum Gasteiger partial charge on any atom is 0.264 e. The lowest BCUT2D eigenvalue weighted by atomic mass is 10.2. The number of rotatable bonds is 7. The summed E-state index contributed by atoms with van der Waals surface area (Å²) in [4.78, 5) is 1.94. The lowest BCUT2D eigenvalue weighted by molar-refractivity contribution is 0.210. The van der Waals surface area contributed by atoms with Crippen molar-refractivity contribution in [3.05, 3.63) is 94.0 Å². The third kappa shape index (κ3) is 5.03. The number of aliphatic hydroxyl groups excluding tert-OH is 1. The second kappa shape index (κ2) is 9.34. The van der Waals surface area contributed by atoms with Gasteiger partial charge in [-0.25, -0.2) is 0 Å². The van der Waals surface area contributed by atoms with Gasteiger partial charge in [0.15, 0.2) is 5.85 Å². The van der Waals surface area contributed by atoms with Crippen molar-refractivity contribution in [2.75, 3.05) is 19.0 Å². The molecule has 0 aliphatic carbocycles. The average Bonchev–Trinajstić information content (AvgIpc) is 2.72. The fourth-order valence-electron chi connectivity index (χ4n) is 2.88. The molecule has 0 aromatic heterocycles. The molecule has 0 radical (unpaired) electrons. The van der Waals surface area contributed by atoms with Crippen LogP contribution in [-0.4, -0.2) is 19.2 Å². The zero-order valence-corrected chi connectivity index (χ0v) is 18.5. The SMILES string of the molecule is CN(C)c1ccc([P@](=O)(OCc2ccccc2)[C@H](O)c2ccc(Cl)cc2Cl)cc1. The maximum absolute atomic E-state index is 14.0. The van der Waals surface area contributed by atoms with Crippen molar-refractivity contribution in [2.45, 2.75) is 12.5 Å². The molecule has 2 atom stereocenters. The van der Waals surface area contributed by atoms with Crippen molar-refractivity contribution in [2.24, 2.45) is 0 Å². The Morgan fingerprint density at radius 2 is 1.66 bits per heavy atom. The molecule has 1 N–H and O–H groups in total. The number of aliphatic hydroxyl groups is 1. The number of nitrogens with zero attached hydrogens (tertiary/aromatic N) is 1. The first-order valence-electron chi connectivity index (χ1n) is 9.00. The first kappa shape index (κ1) is 21.9. The topological polar surface area (TPSA) is 49.8 Å². The van der Waals surface area contributed by atoms with Crippen molar-refractivity contribution >= 4 is 41.6 Å². The van der Waals surface area contributed by atoms with E-state index in [-0.39, 0.29) is 11.6 Å². The summed E-state index contributed by atoms with van der Waals surface area (Å²) in [5.41, 5.74) is 2.11. The van der Waals surface area contributed by atoms with Gasteiger partial charge in [0, 0.05) is 40.7 Å². The van der Waals surface area contributed by atoms with E-state index in [1.165, 1.54) is 6.07 Å². The highest BCUT2D eigenvalue weighted by Crippen LogP contribution is 2.59. The zero-order chi connectivity index (χ0) is 21.0. The molecule has 3 aromatic carbocycles. The molecular weight excluding hydrogens is 428 g/mol. The van der Waals surface area contributed by atoms with Gasteiger partial charge in [0.25, 0.3) is 7.37 Å². The number of hydrogen-bond acceptors (Lipinski definition) is 4. The molecule has 0 bridgehead atoms. The van der Waals surface area contributed by atoms with Crippen molar-refractivity contribution in [1.29, 1.82) is 0 Å². The highest BCUT2D eigenvalue weighted by atomic mass is 35.5. The highest BCUT2D eigenvalue weighted by Gasteiger charge is 2.37. The molecule has 0 aliphatic rings. The summed E-state index contributed by atoms with van der Waals surface area (Å²) in [6, 6.07) is 21.2. The summed E-state index contributed by atoms with van der Waals surface area (Å²) < 4.78 is 19.9. The van der Waals surface area contributed by atoms with E-state index in [0.29, 0.717) is 15.9 Å². The van der Waals surface area contributed by atoms with Crippen molar-refractivity contribution in [3.8, 4) is 0 Å². The first-order chi connectivity index (χ1) is 13.8. The minimum atomic E-state index is -3.73. The second-order valence-electron chi connectivity index (χ2n) is 6.81. The Morgan fingerprint density at radius 3 is 2.24 bits per heavy atom. The van der Waals surface area contributed by atoms with Crippen LogP contribution in [0, 0.1) is 0 Å². The molecule has 7 heteroatoms. The Balaban J connectivity index is 2.01. The largest absolute Gasteiger partial charge is 0.378 e. The average molecular weight is 450 g/mol. The van der Waals surface area contributed by atoms with E-state index in [1.54, 1.807) is 24.3 Å². The van der Waals surface area contributed by atoms with Gasteiger partial charge in [0.05, 0.1) is 6.61 Å². The molecule has 29 heavy (non-hydrogen) atoms. The van der Waals surface area contributed by atoms with Gasteiger partial charge in [-0.15, -0.1) is 0 Å². The molecule has 0 heterocycles. The summed E-state index contributed by atoms with van der Waals surface area (Å²) in [5, 5.41) is 12.2. The summed E-state index contributed by atoms with van der Waals surface area (Å²) in [5.74, 6) is -1.43. The number of halogens is 2. The van der Waals surface area contributed by atoms with Crippen molar-refractivity contribution in [3.63, 3.8) is 0 Å². The van der Waals surface area contributed by atoms with Crippen LogP contribution in [0.1, 0.15) is 17.0 Å². The van der Waals surface area contributed by atoms with Crippen LogP contribution < -0.4 is 10.2 Å². The molecule has 0 unspecified atom stereocenters. The number of anilines is 1. The Morgan fingerprint density at radius 1 is 1.00 bits per heavy atom. The summed E-state index contributed by atoms with van der Waals surface area (Å²) in [6.45, 7) is 0.0931. The molecule has 0 aliphatic heterocycles. The van der Waals surface area contributed by atoms with Crippen molar-refractivity contribution < 1.29 is 14.2 Å². The third-order valence-corrected chi connectivity index (χ3v) is 7.57. The van der Waals surface area contributed by atoms with E-state index in [2.05, 4.69) is 0 Å². The van der Waals surface area contributed by atoms with Crippen LogP contribution in [0.3, 0.4) is 0 Å². The van der Waals surface area contributed by atoms with Crippen LogP contribution in [0.5, 0.6) is 0 Å². The molecule has 3 rings (SSSR count). The second-order valence-corrected chi connectivity index (χ2v) is 10.1. The van der Waals surface area contributed by atoms with Crippen LogP contribution >= 0.6 is 30.6 Å². The number of benzene rings is 3. The molecule has 0 fully saturated rings. The van der Waals surface area contributed by atoms with Crippen LogP contribution in [0.25, 0.3) is 0 Å². The third-order valence-electron chi connectivity index (χ3n) is 4.55. The Kier molecular flexibility index (Phi) is 7.05. The first-order valence-corrected chi connectivity index (χ1v) is 11.5. The fraction of sp³-hybridized carbons (Fsp3) is 0.182. The van der Waals surface area contributed by atoms with Gasteiger partial charge in [-0.05, 0) is 42.0 Å². The van der Waals surface area contributed by atoms with Gasteiger partial charge in [-0.3, -0.25) is 4.57 Å². The lowest BCUT2D eigenvalue weighted by Gasteiger charge is -2.26. The monoisotopic (exact) mass is 449 g/mol. The van der Waals surface area contributed by atoms with Gasteiger partial charge >= 0.3 is 0 Å². The van der Waals surface area contributed by atoms with Gasteiger partial charge < -0.3 is 14.5 Å². The minimum Gasteiger partial charge on any atom is -0.378 e. The predicted octanol–water partition coefficient (Wildman–Crippen LogP) is 5.87. The van der Waals surface area contributed by atoms with E-state index in [9.17, 15) is 9.67 Å². The molecule has 0 spiro atoms. The van der Waals surface area contributed by atoms with Gasteiger partial charge in [-0.2, -0.15) is 0 Å². The van der Waals surface area contributed by atoms with E-state index in [1.807, 2.05) is 61.5 Å². The molecular formula is C22H22Cl2NO3P. The zero-order valence-electron chi connectivity index (χ0n) is 16.1. The summed E-state index contributed by atoms with van der Waals surface area (Å²) in [6.07, 6.45) is 0. The Labute approximate surface area is 181 Å². The number of hydrogen-bond donors (Lipinski definition) is 1. The fourth-order valence-corrected chi connectivity index (χ4v) is 5.54. The quantitative estimate of drug-likeness (QED) is 0.458. The van der Waals surface area contributed by atoms with E-state index in [0.717, 1.165) is 11.3 Å². The van der Waals surface area contributed by atoms with Crippen molar-refractivity contribution in [1.82, 2.24) is 0 Å². The predicted molar refractivity (Wildman–Crippen MR) is 121 cm³/mol. The molecule has 0 amide bonds. The standard InChI is InChI=1S/C22H22Cl2NO3P/c1-25(2)18-9-11-19(12-10-18)29(27,28-15-16-6-4-3-5-7-16)22(26)20-13-8-17(23)14-21(20)24/h3-14,22,26H,15H2,1-2H3/t22-,29-/m0/s1. The van der Waals surface area contributed by atoms with Crippen LogP contribution in [-0.2, 0) is 15.7 Å². The van der Waals surface area contributed by atoms with Crippen LogP contribution in [0.4, 0.5) is 5.69 Å². The Bertz CT molecular complexity index is 1010. The normalized spacial score (nSPS) is 14.2. The van der Waals surface area contributed by atoms with Crippen LogP contribution in [0.15, 0.2) is 72.8 Å². The molecule has 3 aromatic rings. The van der Waals surface area contributed by atoms with E-state index >= 15 is 0 Å². The molecule has 4 nitrogen and oxygen atoms in total. The van der Waals surface area contributed by atoms with E-state index in [4.69, 9.17) is 27.7 Å². The minimum absolute atomic E-state index is 0.0931. The molecule has 152 valence electrons. The van der Waals surface area contributed by atoms with Gasteiger partial charge in [0.2, 0.25) is 0 Å².